The molecule has 2 fully saturated rings. The van der Waals surface area contributed by atoms with E-state index in [1.165, 1.54) is 5.56 Å². The van der Waals surface area contributed by atoms with E-state index in [1.54, 1.807) is 7.11 Å². The summed E-state index contributed by atoms with van der Waals surface area (Å²) in [6.07, 6.45) is 2.10. The van der Waals surface area contributed by atoms with Gasteiger partial charge in [-0.05, 0) is 53.6 Å². The summed E-state index contributed by atoms with van der Waals surface area (Å²) in [4.78, 5) is 14.6. The Morgan fingerprint density at radius 2 is 1.79 bits per heavy atom. The molecule has 1 saturated heterocycles. The molecule has 0 atom stereocenters. The number of ether oxygens (including phenoxy) is 1. The third kappa shape index (κ3) is 4.52. The summed E-state index contributed by atoms with van der Waals surface area (Å²) >= 11 is 0. The summed E-state index contributed by atoms with van der Waals surface area (Å²) in [7, 11) is 1.64. The molecular weight excluding hydrogens is 364 g/mol. The number of likely N-dealkylation sites (tertiary alicyclic amines) is 1. The van der Waals surface area contributed by atoms with Gasteiger partial charge >= 0.3 is 6.03 Å². The molecule has 1 saturated carbocycles. The molecule has 2 N–H and O–H groups in total. The van der Waals surface area contributed by atoms with Crippen LogP contribution in [0.3, 0.4) is 0 Å². The van der Waals surface area contributed by atoms with Crippen LogP contribution in [0.25, 0.3) is 0 Å². The zero-order valence-corrected chi connectivity index (χ0v) is 16.6. The molecule has 150 valence electrons. The number of hydrogen-bond acceptors (Lipinski definition) is 4. The highest BCUT2D eigenvalue weighted by molar-refractivity contribution is 5.74. The second-order valence-electron chi connectivity index (χ2n) is 8.23. The highest BCUT2D eigenvalue weighted by Crippen LogP contribution is 2.48. The minimum absolute atomic E-state index is 0.102. The first kappa shape index (κ1) is 19.3. The Kier molecular flexibility index (Phi) is 5.41. The Labute approximate surface area is 171 Å². The molecule has 0 aromatic heterocycles. The van der Waals surface area contributed by atoms with Gasteiger partial charge in [0.2, 0.25) is 0 Å². The average molecular weight is 390 g/mol. The van der Waals surface area contributed by atoms with Crippen LogP contribution >= 0.6 is 0 Å². The fourth-order valence-electron chi connectivity index (χ4n) is 4.47. The predicted octanol–water partition coefficient (Wildman–Crippen LogP) is 3.03. The van der Waals surface area contributed by atoms with Crippen molar-refractivity contribution in [1.82, 2.24) is 15.5 Å². The molecule has 0 bridgehead atoms. The van der Waals surface area contributed by atoms with Gasteiger partial charge in [0.1, 0.15) is 5.75 Å². The van der Waals surface area contributed by atoms with Gasteiger partial charge in [-0.3, -0.25) is 4.90 Å². The van der Waals surface area contributed by atoms with E-state index in [0.29, 0.717) is 17.5 Å². The van der Waals surface area contributed by atoms with Crippen LogP contribution < -0.4 is 15.4 Å². The van der Waals surface area contributed by atoms with Gasteiger partial charge in [-0.15, -0.1) is 0 Å². The first-order valence-corrected chi connectivity index (χ1v) is 9.96. The molecule has 1 spiro atoms. The molecule has 2 aromatic rings. The van der Waals surface area contributed by atoms with Gasteiger partial charge in [-0.2, -0.15) is 5.26 Å². The number of methoxy groups -OCH3 is 1. The Bertz CT molecular complexity index is 888. The lowest BCUT2D eigenvalue weighted by molar-refractivity contribution is -0.0803. The van der Waals surface area contributed by atoms with Crippen molar-refractivity contribution in [3.05, 3.63) is 65.2 Å². The second-order valence-corrected chi connectivity index (χ2v) is 8.23. The lowest BCUT2D eigenvalue weighted by Gasteiger charge is -2.59. The average Bonchev–Trinajstić information content (AvgIpc) is 2.70. The molecule has 29 heavy (non-hydrogen) atoms. The fraction of sp³-hybridized carbons (Fsp3) is 0.391. The van der Waals surface area contributed by atoms with Crippen LogP contribution in [-0.2, 0) is 13.1 Å². The van der Waals surface area contributed by atoms with Crippen LogP contribution in [0, 0.1) is 16.7 Å². The minimum Gasteiger partial charge on any atom is -0.497 e. The number of nitriles is 1. The number of nitrogens with one attached hydrogen (secondary N) is 2. The van der Waals surface area contributed by atoms with E-state index in [1.807, 2.05) is 48.5 Å². The van der Waals surface area contributed by atoms with Crippen LogP contribution in [0.4, 0.5) is 4.79 Å². The van der Waals surface area contributed by atoms with Crippen molar-refractivity contribution >= 4 is 6.03 Å². The topological polar surface area (TPSA) is 77.4 Å². The van der Waals surface area contributed by atoms with Gasteiger partial charge in [0.25, 0.3) is 0 Å². The van der Waals surface area contributed by atoms with Crippen LogP contribution in [-0.4, -0.2) is 37.2 Å². The molecule has 1 aliphatic heterocycles. The number of amides is 2. The van der Waals surface area contributed by atoms with E-state index in [-0.39, 0.29) is 12.1 Å². The quantitative estimate of drug-likeness (QED) is 0.795. The molecule has 1 heterocycles. The van der Waals surface area contributed by atoms with E-state index >= 15 is 0 Å². The number of nitrogens with zero attached hydrogens (tertiary/aromatic N) is 2. The van der Waals surface area contributed by atoms with Crippen molar-refractivity contribution in [3.8, 4) is 11.8 Å². The van der Waals surface area contributed by atoms with Crippen molar-refractivity contribution in [2.75, 3.05) is 20.2 Å². The number of hydrogen-bond donors (Lipinski definition) is 2. The largest absolute Gasteiger partial charge is 0.497 e. The van der Waals surface area contributed by atoms with Gasteiger partial charge in [0.15, 0.2) is 0 Å². The van der Waals surface area contributed by atoms with Crippen LogP contribution in [0.2, 0.25) is 0 Å². The van der Waals surface area contributed by atoms with Crippen molar-refractivity contribution in [1.29, 1.82) is 5.26 Å². The van der Waals surface area contributed by atoms with Gasteiger partial charge in [0, 0.05) is 32.2 Å². The smallest absolute Gasteiger partial charge is 0.315 e. The monoisotopic (exact) mass is 390 g/mol. The fourth-order valence-corrected chi connectivity index (χ4v) is 4.47. The first-order chi connectivity index (χ1) is 14.1. The lowest BCUT2D eigenvalue weighted by Crippen LogP contribution is -2.66. The molecule has 1 aliphatic carbocycles. The van der Waals surface area contributed by atoms with Crippen LogP contribution in [0.5, 0.6) is 5.75 Å². The van der Waals surface area contributed by atoms with Crippen molar-refractivity contribution in [2.24, 2.45) is 5.41 Å². The summed E-state index contributed by atoms with van der Waals surface area (Å²) in [6, 6.07) is 17.8. The number of carbonyl (C=O) groups is 1. The number of urea groups is 1. The van der Waals surface area contributed by atoms with Crippen molar-refractivity contribution in [2.45, 2.75) is 32.0 Å². The zero-order valence-electron chi connectivity index (χ0n) is 16.6. The second kappa shape index (κ2) is 8.14. The first-order valence-electron chi connectivity index (χ1n) is 9.96. The third-order valence-electron chi connectivity index (χ3n) is 5.91. The highest BCUT2D eigenvalue weighted by atomic mass is 16.5. The third-order valence-corrected chi connectivity index (χ3v) is 5.91. The summed E-state index contributed by atoms with van der Waals surface area (Å²) < 4.78 is 5.14. The zero-order chi connectivity index (χ0) is 20.3. The van der Waals surface area contributed by atoms with E-state index in [0.717, 1.165) is 43.8 Å². The minimum atomic E-state index is -0.102. The summed E-state index contributed by atoms with van der Waals surface area (Å²) in [5.74, 6) is 0.812. The Balaban J connectivity index is 1.14. The lowest BCUT2D eigenvalue weighted by atomic mass is 9.60. The van der Waals surface area contributed by atoms with Crippen molar-refractivity contribution < 1.29 is 9.53 Å². The van der Waals surface area contributed by atoms with Gasteiger partial charge in [-0.25, -0.2) is 4.79 Å². The molecule has 0 unspecified atom stereocenters. The Morgan fingerprint density at radius 3 is 2.41 bits per heavy atom. The molecule has 4 rings (SSSR count). The van der Waals surface area contributed by atoms with Crippen LogP contribution in [0.15, 0.2) is 48.5 Å². The Morgan fingerprint density at radius 1 is 1.14 bits per heavy atom. The predicted molar refractivity (Wildman–Crippen MR) is 110 cm³/mol. The van der Waals surface area contributed by atoms with E-state index in [4.69, 9.17) is 10.00 Å². The molecule has 6 nitrogen and oxygen atoms in total. The van der Waals surface area contributed by atoms with Gasteiger partial charge in [0.05, 0.1) is 18.7 Å². The normalized spacial score (nSPS) is 17.7. The highest BCUT2D eigenvalue weighted by Gasteiger charge is 2.52. The molecule has 0 radical (unpaired) electrons. The molecule has 2 aromatic carbocycles. The number of benzene rings is 2. The molecular formula is C23H26N4O2. The van der Waals surface area contributed by atoms with Gasteiger partial charge in [-0.1, -0.05) is 24.3 Å². The van der Waals surface area contributed by atoms with Gasteiger partial charge < -0.3 is 15.4 Å². The SMILES string of the molecule is COc1ccc(CNC(=O)NC2CC3(C2)CN(Cc2ccc(C#N)cc2)C3)cc1. The molecule has 2 amide bonds. The maximum atomic E-state index is 12.1. The summed E-state index contributed by atoms with van der Waals surface area (Å²) in [5.41, 5.74) is 3.36. The van der Waals surface area contributed by atoms with E-state index in [2.05, 4.69) is 21.6 Å². The van der Waals surface area contributed by atoms with Crippen molar-refractivity contribution in [3.63, 3.8) is 0 Å². The number of rotatable bonds is 6. The van der Waals surface area contributed by atoms with Crippen LogP contribution in [0.1, 0.15) is 29.5 Å². The van der Waals surface area contributed by atoms with E-state index in [9.17, 15) is 4.79 Å². The number of carbonyl (C=O) groups excluding carboxylic acids is 1. The maximum absolute atomic E-state index is 12.1. The maximum Gasteiger partial charge on any atom is 0.315 e. The van der Waals surface area contributed by atoms with E-state index < -0.39 is 0 Å². The molecule has 2 aliphatic rings. The standard InChI is InChI=1S/C23H26N4O2/c1-29-21-8-6-18(7-9-21)13-25-22(28)26-20-10-23(11-20)15-27(16-23)14-19-4-2-17(12-24)3-5-19/h2-9,20H,10-11,13-16H2,1H3,(H2,25,26,28). The molecule has 6 heteroatoms. The Hall–Kier alpha value is -3.04. The summed E-state index contributed by atoms with van der Waals surface area (Å²) in [6.45, 7) is 3.59. The summed E-state index contributed by atoms with van der Waals surface area (Å²) in [5, 5.41) is 14.9.